The Morgan fingerprint density at radius 2 is 2.19 bits per heavy atom. The average molecular weight is 405 g/mol. The van der Waals surface area contributed by atoms with Gasteiger partial charge in [-0.3, -0.25) is 4.79 Å². The molecule has 1 aliphatic rings. The number of carbonyl (C=O) groups excluding carboxylic acids is 1. The number of benzene rings is 1. The van der Waals surface area contributed by atoms with Crippen LogP contribution in [0.5, 0.6) is 0 Å². The third-order valence-corrected chi connectivity index (χ3v) is 6.09. The molecule has 1 fully saturated rings. The van der Waals surface area contributed by atoms with Crippen LogP contribution in [0.1, 0.15) is 50.8 Å². The van der Waals surface area contributed by atoms with Gasteiger partial charge in [0.05, 0.1) is 5.25 Å². The van der Waals surface area contributed by atoms with Gasteiger partial charge in [0.25, 0.3) is 0 Å². The fourth-order valence-corrected chi connectivity index (χ4v) is 4.43. The number of carbonyl (C=O) groups is 1. The number of allylic oxidation sites excluding steroid dienone is 1. The summed E-state index contributed by atoms with van der Waals surface area (Å²) in [6, 6.07) is 7.15. The normalized spacial score (nSPS) is 16.1. The van der Waals surface area contributed by atoms with E-state index >= 15 is 0 Å². The van der Waals surface area contributed by atoms with Crippen molar-refractivity contribution in [3.8, 4) is 0 Å². The number of nitrogens with one attached hydrogen (secondary N) is 1. The largest absolute Gasteiger partial charge is 0.325 e. The van der Waals surface area contributed by atoms with Crippen molar-refractivity contribution in [2.75, 3.05) is 5.32 Å². The molecule has 144 valence electrons. The van der Waals surface area contributed by atoms with Crippen molar-refractivity contribution >= 4 is 35.0 Å². The van der Waals surface area contributed by atoms with Gasteiger partial charge in [0.1, 0.15) is 5.82 Å². The molecule has 1 heterocycles. The van der Waals surface area contributed by atoms with Crippen molar-refractivity contribution in [1.82, 2.24) is 14.8 Å². The lowest BCUT2D eigenvalue weighted by Crippen LogP contribution is -2.23. The van der Waals surface area contributed by atoms with Crippen LogP contribution in [0.3, 0.4) is 0 Å². The first kappa shape index (κ1) is 20.0. The standard InChI is InChI=1S/C20H25ClN4OS/c1-3-12-25-18(15-8-5-4-6-9-15)23-24-20(25)27-14(2)19(26)22-17-11-7-10-16(21)13-17/h3,7,10-11,13-15H,1,4-6,8-9,12H2,2H3,(H,22,26). The zero-order chi connectivity index (χ0) is 19.2. The maximum atomic E-state index is 12.6. The molecule has 1 saturated carbocycles. The van der Waals surface area contributed by atoms with Gasteiger partial charge in [0.15, 0.2) is 5.16 Å². The third-order valence-electron chi connectivity index (χ3n) is 4.77. The highest BCUT2D eigenvalue weighted by molar-refractivity contribution is 8.00. The molecule has 1 N–H and O–H groups in total. The summed E-state index contributed by atoms with van der Waals surface area (Å²) < 4.78 is 2.11. The van der Waals surface area contributed by atoms with E-state index in [1.165, 1.54) is 31.0 Å². The Kier molecular flexibility index (Phi) is 6.96. The molecule has 0 radical (unpaired) electrons. The minimum atomic E-state index is -0.309. The smallest absolute Gasteiger partial charge is 0.237 e. The van der Waals surface area contributed by atoms with Crippen molar-refractivity contribution in [3.05, 3.63) is 47.8 Å². The Balaban J connectivity index is 1.70. The van der Waals surface area contributed by atoms with Crippen LogP contribution in [0.2, 0.25) is 5.02 Å². The summed E-state index contributed by atoms with van der Waals surface area (Å²) in [5, 5.41) is 12.8. The Bertz CT molecular complexity index is 801. The van der Waals surface area contributed by atoms with Crippen LogP contribution in [-0.4, -0.2) is 25.9 Å². The van der Waals surface area contributed by atoms with E-state index in [2.05, 4.69) is 26.7 Å². The SMILES string of the molecule is C=CCn1c(SC(C)C(=O)Nc2cccc(Cl)c2)nnc1C1CCCCC1. The highest BCUT2D eigenvalue weighted by Gasteiger charge is 2.25. The molecule has 1 aromatic carbocycles. The van der Waals surface area contributed by atoms with Crippen LogP contribution in [-0.2, 0) is 11.3 Å². The Morgan fingerprint density at radius 3 is 2.89 bits per heavy atom. The maximum absolute atomic E-state index is 12.6. The molecule has 0 bridgehead atoms. The van der Waals surface area contributed by atoms with E-state index in [4.69, 9.17) is 11.6 Å². The summed E-state index contributed by atoms with van der Waals surface area (Å²) in [6.07, 6.45) is 7.96. The second-order valence-electron chi connectivity index (χ2n) is 6.83. The Labute approximate surface area is 169 Å². The van der Waals surface area contributed by atoms with Gasteiger partial charge in [0.2, 0.25) is 5.91 Å². The molecular formula is C20H25ClN4OS. The van der Waals surface area contributed by atoms with Gasteiger partial charge in [0, 0.05) is 23.2 Å². The zero-order valence-corrected chi connectivity index (χ0v) is 17.1. The minimum absolute atomic E-state index is 0.0883. The average Bonchev–Trinajstić information content (AvgIpc) is 3.05. The summed E-state index contributed by atoms with van der Waals surface area (Å²) >= 11 is 7.41. The van der Waals surface area contributed by atoms with E-state index < -0.39 is 0 Å². The zero-order valence-electron chi connectivity index (χ0n) is 15.5. The predicted molar refractivity (Wildman–Crippen MR) is 111 cm³/mol. The molecule has 2 aromatic rings. The quantitative estimate of drug-likeness (QED) is 0.503. The third kappa shape index (κ3) is 5.14. The second kappa shape index (κ2) is 9.42. The number of rotatable bonds is 7. The number of hydrogen-bond donors (Lipinski definition) is 1. The molecule has 5 nitrogen and oxygen atoms in total. The van der Waals surface area contributed by atoms with E-state index in [1.54, 1.807) is 12.1 Å². The lowest BCUT2D eigenvalue weighted by Gasteiger charge is -2.21. The summed E-state index contributed by atoms with van der Waals surface area (Å²) in [5.74, 6) is 1.39. The number of amides is 1. The first-order valence-corrected chi connectivity index (χ1v) is 10.6. The highest BCUT2D eigenvalue weighted by atomic mass is 35.5. The fraction of sp³-hybridized carbons (Fsp3) is 0.450. The molecule has 0 saturated heterocycles. The molecule has 1 amide bonds. The van der Waals surface area contributed by atoms with E-state index in [0.29, 0.717) is 23.2 Å². The Morgan fingerprint density at radius 1 is 1.41 bits per heavy atom. The highest BCUT2D eigenvalue weighted by Crippen LogP contribution is 2.34. The molecule has 0 aliphatic heterocycles. The topological polar surface area (TPSA) is 59.8 Å². The van der Waals surface area contributed by atoms with Gasteiger partial charge in [-0.05, 0) is 38.0 Å². The minimum Gasteiger partial charge on any atom is -0.325 e. The lowest BCUT2D eigenvalue weighted by molar-refractivity contribution is -0.115. The van der Waals surface area contributed by atoms with Crippen LogP contribution >= 0.6 is 23.4 Å². The fourth-order valence-electron chi connectivity index (χ4n) is 3.37. The molecule has 1 aromatic heterocycles. The molecule has 1 atom stereocenters. The summed E-state index contributed by atoms with van der Waals surface area (Å²) in [5.41, 5.74) is 0.690. The van der Waals surface area contributed by atoms with Crippen molar-refractivity contribution in [2.45, 2.75) is 61.9 Å². The van der Waals surface area contributed by atoms with Crippen LogP contribution < -0.4 is 5.32 Å². The molecule has 3 rings (SSSR count). The van der Waals surface area contributed by atoms with Gasteiger partial charge in [-0.15, -0.1) is 16.8 Å². The van der Waals surface area contributed by atoms with E-state index in [9.17, 15) is 4.79 Å². The van der Waals surface area contributed by atoms with Crippen LogP contribution in [0.15, 0.2) is 42.1 Å². The maximum Gasteiger partial charge on any atom is 0.237 e. The van der Waals surface area contributed by atoms with Crippen LogP contribution in [0, 0.1) is 0 Å². The first-order valence-electron chi connectivity index (χ1n) is 9.35. The van der Waals surface area contributed by atoms with Crippen LogP contribution in [0.4, 0.5) is 5.69 Å². The van der Waals surface area contributed by atoms with Gasteiger partial charge in [-0.2, -0.15) is 0 Å². The van der Waals surface area contributed by atoms with Gasteiger partial charge in [-0.25, -0.2) is 0 Å². The monoisotopic (exact) mass is 404 g/mol. The van der Waals surface area contributed by atoms with Crippen molar-refractivity contribution < 1.29 is 4.79 Å². The first-order chi connectivity index (χ1) is 13.1. The van der Waals surface area contributed by atoms with Crippen molar-refractivity contribution in [1.29, 1.82) is 0 Å². The number of aromatic nitrogens is 3. The predicted octanol–water partition coefficient (Wildman–Crippen LogP) is 5.28. The van der Waals surface area contributed by atoms with E-state index in [-0.39, 0.29) is 11.2 Å². The molecule has 1 aliphatic carbocycles. The molecule has 7 heteroatoms. The van der Waals surface area contributed by atoms with Gasteiger partial charge < -0.3 is 9.88 Å². The van der Waals surface area contributed by atoms with Gasteiger partial charge in [-0.1, -0.05) is 54.8 Å². The number of thioether (sulfide) groups is 1. The van der Waals surface area contributed by atoms with Gasteiger partial charge >= 0.3 is 0 Å². The number of anilines is 1. The van der Waals surface area contributed by atoms with Crippen molar-refractivity contribution in [2.24, 2.45) is 0 Å². The molecule has 27 heavy (non-hydrogen) atoms. The summed E-state index contributed by atoms with van der Waals surface area (Å²) in [6.45, 7) is 6.39. The molecule has 0 spiro atoms. The second-order valence-corrected chi connectivity index (χ2v) is 8.58. The van der Waals surface area contributed by atoms with E-state index in [0.717, 1.165) is 23.8 Å². The van der Waals surface area contributed by atoms with Crippen molar-refractivity contribution in [3.63, 3.8) is 0 Å². The van der Waals surface area contributed by atoms with Crippen LogP contribution in [0.25, 0.3) is 0 Å². The molecular weight excluding hydrogens is 380 g/mol. The summed E-state index contributed by atoms with van der Waals surface area (Å²) in [7, 11) is 0. The van der Waals surface area contributed by atoms with E-state index in [1.807, 2.05) is 25.1 Å². The molecule has 1 unspecified atom stereocenters. The number of hydrogen-bond acceptors (Lipinski definition) is 4. The lowest BCUT2D eigenvalue weighted by atomic mass is 9.89. The number of halogens is 1. The Hall–Kier alpha value is -1.79. The number of nitrogens with zero attached hydrogens (tertiary/aromatic N) is 3. The summed E-state index contributed by atoms with van der Waals surface area (Å²) in [4.78, 5) is 12.6.